The number of hydrogen-bond donors (Lipinski definition) is 1. The van der Waals surface area contributed by atoms with Gasteiger partial charge in [0.15, 0.2) is 0 Å². The topological polar surface area (TPSA) is 50.9 Å². The van der Waals surface area contributed by atoms with E-state index < -0.39 is 89.1 Å². The summed E-state index contributed by atoms with van der Waals surface area (Å²) in [4.78, 5) is 9.92. The van der Waals surface area contributed by atoms with Gasteiger partial charge in [-0.15, -0.1) is 29.3 Å². The molecule has 0 aliphatic rings. The first-order valence-electron chi connectivity index (χ1n) is 30.9. The molecule has 4 nitrogen and oxygen atoms in total. The number of benzene rings is 6. The van der Waals surface area contributed by atoms with Crippen LogP contribution in [0.2, 0.25) is 0 Å². The van der Waals surface area contributed by atoms with Crippen LogP contribution in [0.1, 0.15) is 173 Å². The predicted molar refractivity (Wildman–Crippen MR) is 299 cm³/mol. The second-order valence-corrected chi connectivity index (χ2v) is 23.2. The molecule has 6 aromatic carbocycles. The van der Waals surface area contributed by atoms with Gasteiger partial charge < -0.3 is 5.11 Å². The van der Waals surface area contributed by atoms with Crippen molar-refractivity contribution in [2.75, 3.05) is 0 Å². The van der Waals surface area contributed by atoms with E-state index in [1.807, 2.05) is 94.6 Å². The van der Waals surface area contributed by atoms with Crippen molar-refractivity contribution >= 4 is 11.0 Å². The summed E-state index contributed by atoms with van der Waals surface area (Å²) in [6.45, 7) is 25.8. The molecule has 0 aliphatic heterocycles. The Hall–Kier alpha value is -5.57. The van der Waals surface area contributed by atoms with Crippen molar-refractivity contribution in [3.8, 4) is 67.5 Å². The average molecular weight is 1140 g/mol. The van der Waals surface area contributed by atoms with Crippen LogP contribution in [0.25, 0.3) is 72.7 Å². The molecule has 372 valence electrons. The normalized spacial score (nSPS) is 15.6. The molecule has 71 heavy (non-hydrogen) atoms. The molecule has 5 heteroatoms. The van der Waals surface area contributed by atoms with E-state index in [1.165, 1.54) is 0 Å². The predicted octanol–water partition coefficient (Wildman–Crippen LogP) is 18.1. The molecule has 0 saturated heterocycles. The summed E-state index contributed by atoms with van der Waals surface area (Å²) < 4.78 is 117. The van der Waals surface area contributed by atoms with Crippen LogP contribution in [0.5, 0.6) is 5.75 Å². The molecule has 1 N–H and O–H groups in total. The summed E-state index contributed by atoms with van der Waals surface area (Å²) in [7, 11) is 0. The largest absolute Gasteiger partial charge is 0.507 e. The van der Waals surface area contributed by atoms with Crippen LogP contribution < -0.4 is 0 Å². The van der Waals surface area contributed by atoms with Crippen molar-refractivity contribution in [2.24, 2.45) is 0 Å². The zero-order valence-electron chi connectivity index (χ0n) is 57.0. The van der Waals surface area contributed by atoms with Crippen molar-refractivity contribution in [3.05, 3.63) is 166 Å². The van der Waals surface area contributed by atoms with Gasteiger partial charge in [0.25, 0.3) is 0 Å². The molecule has 0 aliphatic carbocycles. The molecule has 2 aromatic heterocycles. The number of aromatic nitrogens is 3. The minimum absolute atomic E-state index is 0. The number of imidazole rings is 1. The third-order valence-electron chi connectivity index (χ3n) is 14.1. The number of nitrogens with zero attached hydrogens (tertiary/aromatic N) is 3. The molecule has 0 atom stereocenters. The second-order valence-electron chi connectivity index (χ2n) is 23.2. The Bertz CT molecular complexity index is 3870. The molecule has 2 heterocycles. The number of pyridine rings is 1. The van der Waals surface area contributed by atoms with Gasteiger partial charge in [0, 0.05) is 46.7 Å². The molecular weight excluding hydrogens is 1050 g/mol. The van der Waals surface area contributed by atoms with E-state index in [1.54, 1.807) is 12.1 Å². The minimum atomic E-state index is -3.00. The number of para-hydroxylation sites is 1. The van der Waals surface area contributed by atoms with Gasteiger partial charge in [0.05, 0.1) is 31.9 Å². The average Bonchev–Trinajstić information content (AvgIpc) is 1.42. The van der Waals surface area contributed by atoms with Crippen LogP contribution in [0.15, 0.2) is 121 Å². The monoisotopic (exact) mass is 1130 g/mol. The number of hydrogen-bond acceptors (Lipinski definition) is 3. The van der Waals surface area contributed by atoms with Crippen LogP contribution in [-0.4, -0.2) is 19.6 Å². The number of fused-ring (bicyclic) bond motifs is 1. The zero-order valence-corrected chi connectivity index (χ0v) is 46.3. The fraction of sp³-hybridized carbons (Fsp3) is 0.364. The van der Waals surface area contributed by atoms with E-state index in [2.05, 4.69) is 91.6 Å². The van der Waals surface area contributed by atoms with E-state index in [0.29, 0.717) is 39.0 Å². The van der Waals surface area contributed by atoms with Gasteiger partial charge in [-0.1, -0.05) is 193 Å². The summed E-state index contributed by atoms with van der Waals surface area (Å²) >= 11 is 0. The number of rotatable bonds is 9. The molecule has 8 aromatic rings. The Labute approximate surface area is 459 Å². The Morgan fingerprint density at radius 2 is 1.25 bits per heavy atom. The van der Waals surface area contributed by atoms with Gasteiger partial charge in [-0.05, 0) is 128 Å². The number of phenolic OH excluding ortho intramolecular Hbond substituents is 1. The van der Waals surface area contributed by atoms with Crippen molar-refractivity contribution < 1.29 is 44.0 Å². The van der Waals surface area contributed by atoms with Crippen LogP contribution in [-0.2, 0) is 48.1 Å². The first-order chi connectivity index (χ1) is 38.1. The third-order valence-corrected chi connectivity index (χ3v) is 14.1. The minimum Gasteiger partial charge on any atom is -0.507 e. The van der Waals surface area contributed by atoms with Gasteiger partial charge >= 0.3 is 0 Å². The van der Waals surface area contributed by atoms with Gasteiger partial charge in [-0.2, -0.15) is 0 Å². The van der Waals surface area contributed by atoms with Gasteiger partial charge in [0.2, 0.25) is 0 Å². The van der Waals surface area contributed by atoms with E-state index in [-0.39, 0.29) is 60.3 Å². The molecule has 0 spiro atoms. The molecule has 0 fully saturated rings. The Kier molecular flexibility index (Phi) is 10.4. The maximum Gasteiger partial charge on any atom is 0.148 e. The summed E-state index contributed by atoms with van der Waals surface area (Å²) in [5, 5.41) is 12.7. The van der Waals surface area contributed by atoms with Crippen molar-refractivity contribution in [1.29, 1.82) is 0 Å². The smallest absolute Gasteiger partial charge is 0.148 e. The summed E-state index contributed by atoms with van der Waals surface area (Å²) in [6, 6.07) is 24.3. The van der Waals surface area contributed by atoms with Crippen molar-refractivity contribution in [1.82, 2.24) is 14.5 Å². The van der Waals surface area contributed by atoms with Gasteiger partial charge in [0.1, 0.15) is 11.6 Å². The third kappa shape index (κ3) is 10.4. The number of aromatic hydroxyl groups is 1. The second kappa shape index (κ2) is 19.5. The quantitative estimate of drug-likeness (QED) is 0.147. The molecule has 0 unspecified atom stereocenters. The molecule has 0 saturated carbocycles. The fourth-order valence-electron chi connectivity index (χ4n) is 9.34. The van der Waals surface area contributed by atoms with Crippen molar-refractivity contribution in [3.63, 3.8) is 0 Å². The van der Waals surface area contributed by atoms with Crippen LogP contribution in [0, 0.1) is 19.8 Å². The van der Waals surface area contributed by atoms with Crippen LogP contribution >= 0.6 is 0 Å². The zero-order chi connectivity index (χ0) is 62.0. The van der Waals surface area contributed by atoms with E-state index in [0.717, 1.165) is 46.2 Å². The summed E-state index contributed by atoms with van der Waals surface area (Å²) in [5.74, 6) is 0.270. The van der Waals surface area contributed by atoms with E-state index in [4.69, 9.17) is 17.3 Å². The van der Waals surface area contributed by atoms with Gasteiger partial charge in [-0.25, -0.2) is 4.98 Å². The maximum atomic E-state index is 12.7. The van der Waals surface area contributed by atoms with E-state index >= 15 is 0 Å². The molecule has 0 radical (unpaired) electrons. The molecule has 0 bridgehead atoms. The number of phenols is 1. The Morgan fingerprint density at radius 3 is 1.87 bits per heavy atom. The van der Waals surface area contributed by atoms with Crippen LogP contribution in [0.3, 0.4) is 0 Å². The summed E-state index contributed by atoms with van der Waals surface area (Å²) in [5.41, 5.74) is 5.25. The Morgan fingerprint density at radius 1 is 0.620 bits per heavy atom. The van der Waals surface area contributed by atoms with E-state index in [9.17, 15) is 10.6 Å². The van der Waals surface area contributed by atoms with Gasteiger partial charge in [-0.3, -0.25) is 9.55 Å². The molecule has 0 amide bonds. The first-order valence-corrected chi connectivity index (χ1v) is 24.4. The molecular formula is C66H76N3OPt-. The fourth-order valence-corrected chi connectivity index (χ4v) is 9.34. The summed E-state index contributed by atoms with van der Waals surface area (Å²) in [6.07, 6.45) is 1.10. The maximum absolute atomic E-state index is 12.7. The van der Waals surface area contributed by atoms with Crippen LogP contribution in [0.4, 0.5) is 0 Å². The molecule has 8 rings (SSSR count). The van der Waals surface area contributed by atoms with Crippen molar-refractivity contribution in [2.45, 2.75) is 157 Å². The SMILES string of the molecule is [2H]c1nc(-c2[c-]c(-c3cccc4c3nc(-c3cc(C(C)(C)C)cc(C(C)(C)C)c3O)n4-c3ccc(-c4c(C(C)(C)C)cccc4C(C)(CC)CC)cc3C([2H])([2H])[2H])cc(C(C)(C)C)c2)c([2H])c(-c2c([2H])c([2H])c(C([2H])([2H])[2H])c([2H])c2[2H])c1[2H].[Pt]. The number of aryl methyl sites for hydroxylation is 1. The Balaban J connectivity index is 0.0000101. The first kappa shape index (κ1) is 38.1. The standard InChI is InChI=1S/C66H76N3O.Pt/c1-18-66(17,19-2)53-24-21-23-52(64(11,12)13)58(53)45-30-31-56(42(4)34-45)69-57-25-20-22-50(59(57)68-61(69)51-39-49(63(8,9)10)40-54(60(51)70)65(14,15)16)46-35-47(37-48(36-46)62(5,6)7)55-38-44(32-33-67-55)43-28-26-41(3)27-29-43;/h20-34,36-40,70H,18-19H2,1-17H3;/q-1;/i3D3,4D3,26D,27D,28D,29D,32D,33D,38D;.